The van der Waals surface area contributed by atoms with Crippen LogP contribution in [0.2, 0.25) is 0 Å². The summed E-state index contributed by atoms with van der Waals surface area (Å²) < 4.78 is 66.6. The number of hydrogen-bond acceptors (Lipinski definition) is 8. The lowest BCUT2D eigenvalue weighted by Crippen LogP contribution is -2.35. The number of anilines is 1. The summed E-state index contributed by atoms with van der Waals surface area (Å²) in [7, 11) is 0. The molecule has 0 atom stereocenters. The number of aromatic nitrogens is 7. The van der Waals surface area contributed by atoms with Gasteiger partial charge in [0.05, 0.1) is 33.1 Å². The van der Waals surface area contributed by atoms with Crippen LogP contribution in [0, 0.1) is 18.3 Å². The molecular weight excluding hydrogens is 611 g/mol. The highest BCUT2D eigenvalue weighted by atomic mass is 79.9. The molecule has 0 aliphatic carbocycles. The maximum Gasteiger partial charge on any atom is 0.461 e. The molecule has 3 heterocycles. The summed E-state index contributed by atoms with van der Waals surface area (Å²) in [5, 5.41) is 25.1. The summed E-state index contributed by atoms with van der Waals surface area (Å²) in [6.45, 7) is 0.979. The van der Waals surface area contributed by atoms with Crippen molar-refractivity contribution in [3.63, 3.8) is 0 Å². The average Bonchev–Trinajstić information content (AvgIpc) is 3.52. The number of primary amides is 1. The van der Waals surface area contributed by atoms with E-state index in [9.17, 15) is 36.8 Å². The highest BCUT2D eigenvalue weighted by Gasteiger charge is 2.62. The SMILES string of the molecule is Cc1cc(C#N)cc(C(N)=O)c1NC(=O)c1cc(Cn2nnc(C(F)(F)C(F)(F)F)n2)nn1-c1ncccc1Br. The van der Waals surface area contributed by atoms with E-state index in [1.165, 1.54) is 31.3 Å². The Kier molecular flexibility index (Phi) is 7.34. The van der Waals surface area contributed by atoms with Gasteiger partial charge in [0.2, 0.25) is 0 Å². The molecule has 0 saturated heterocycles. The maximum absolute atomic E-state index is 13.6. The zero-order chi connectivity index (χ0) is 29.4. The van der Waals surface area contributed by atoms with Crippen molar-refractivity contribution in [3.05, 3.63) is 74.9 Å². The van der Waals surface area contributed by atoms with Gasteiger partial charge in [-0.2, -0.15) is 37.1 Å². The smallest absolute Gasteiger partial charge is 0.366 e. The topological polar surface area (TPSA) is 170 Å². The summed E-state index contributed by atoms with van der Waals surface area (Å²) in [6.07, 6.45) is -4.55. The van der Waals surface area contributed by atoms with Gasteiger partial charge in [0.15, 0.2) is 5.82 Å². The van der Waals surface area contributed by atoms with Crippen molar-refractivity contribution < 1.29 is 31.5 Å². The Morgan fingerprint density at radius 3 is 2.52 bits per heavy atom. The number of pyridine rings is 1. The fourth-order valence-corrected chi connectivity index (χ4v) is 3.88. The van der Waals surface area contributed by atoms with Gasteiger partial charge in [0.25, 0.3) is 17.6 Å². The zero-order valence-electron chi connectivity index (χ0n) is 19.9. The summed E-state index contributed by atoms with van der Waals surface area (Å²) in [6, 6.07) is 8.86. The van der Waals surface area contributed by atoms with Crippen LogP contribution < -0.4 is 11.1 Å². The molecule has 2 amide bonds. The molecule has 0 unspecified atom stereocenters. The van der Waals surface area contributed by atoms with E-state index in [4.69, 9.17) is 5.73 Å². The first kappa shape index (κ1) is 28.2. The maximum atomic E-state index is 13.6. The lowest BCUT2D eigenvalue weighted by atomic mass is 10.0. The Morgan fingerprint density at radius 1 is 1.18 bits per heavy atom. The number of carbonyl (C=O) groups excluding carboxylic acids is 2. The summed E-state index contributed by atoms with van der Waals surface area (Å²) in [5.41, 5.74) is 5.55. The standard InChI is InChI=1S/C22H14BrF5N10O2/c1-10-5-11(8-29)6-13(17(30)39)16(10)32-19(40)15-7-12(34-38(15)18-14(23)3-2-4-31-18)9-37-35-20(33-36-37)21(24,25)22(26,27)28/h2-7H,9H2,1H3,(H2,30,39)(H,32,40). The van der Waals surface area contributed by atoms with Crippen LogP contribution in [0.3, 0.4) is 0 Å². The first-order chi connectivity index (χ1) is 18.7. The normalized spacial score (nSPS) is 11.8. The number of nitriles is 1. The van der Waals surface area contributed by atoms with Crippen molar-refractivity contribution in [2.24, 2.45) is 5.73 Å². The van der Waals surface area contributed by atoms with Gasteiger partial charge in [-0.15, -0.1) is 10.2 Å². The first-order valence-electron chi connectivity index (χ1n) is 10.8. The molecule has 18 heteroatoms. The number of halogens is 6. The van der Waals surface area contributed by atoms with Gasteiger partial charge in [-0.05, 0) is 64.0 Å². The molecule has 0 aliphatic rings. The molecule has 0 saturated carbocycles. The third kappa shape index (κ3) is 5.36. The number of nitrogens with zero attached hydrogens (tertiary/aromatic N) is 8. The lowest BCUT2D eigenvalue weighted by Gasteiger charge is -2.14. The third-order valence-corrected chi connectivity index (χ3v) is 5.91. The van der Waals surface area contributed by atoms with Crippen LogP contribution in [0.1, 0.15) is 43.5 Å². The summed E-state index contributed by atoms with van der Waals surface area (Å²) >= 11 is 3.28. The molecule has 3 aromatic heterocycles. The van der Waals surface area contributed by atoms with E-state index in [0.717, 1.165) is 4.68 Å². The average molecular weight is 625 g/mol. The molecule has 4 aromatic rings. The minimum Gasteiger partial charge on any atom is -0.366 e. The molecule has 40 heavy (non-hydrogen) atoms. The van der Waals surface area contributed by atoms with Gasteiger partial charge in [-0.25, -0.2) is 9.67 Å². The molecule has 0 aliphatic heterocycles. The molecule has 0 spiro atoms. The quantitative estimate of drug-likeness (QED) is 0.295. The van der Waals surface area contributed by atoms with E-state index >= 15 is 0 Å². The van der Waals surface area contributed by atoms with E-state index in [1.54, 1.807) is 12.1 Å². The second kappa shape index (κ2) is 10.4. The van der Waals surface area contributed by atoms with Crippen LogP contribution in [0.4, 0.5) is 27.6 Å². The number of tetrazole rings is 1. The highest BCUT2D eigenvalue weighted by Crippen LogP contribution is 2.41. The van der Waals surface area contributed by atoms with Crippen molar-refractivity contribution in [2.45, 2.75) is 25.6 Å². The van der Waals surface area contributed by atoms with Gasteiger partial charge >= 0.3 is 12.1 Å². The molecule has 206 valence electrons. The van der Waals surface area contributed by atoms with E-state index in [-0.39, 0.29) is 34.0 Å². The van der Waals surface area contributed by atoms with Crippen LogP contribution in [-0.4, -0.2) is 53.0 Å². The van der Waals surface area contributed by atoms with Crippen molar-refractivity contribution >= 4 is 33.4 Å². The third-order valence-electron chi connectivity index (χ3n) is 5.29. The number of aryl methyl sites for hydroxylation is 1. The van der Waals surface area contributed by atoms with Gasteiger partial charge in [0.1, 0.15) is 12.2 Å². The monoisotopic (exact) mass is 624 g/mol. The Balaban J connectivity index is 1.74. The van der Waals surface area contributed by atoms with Crippen LogP contribution in [-0.2, 0) is 12.5 Å². The molecule has 1 aromatic carbocycles. The van der Waals surface area contributed by atoms with Crippen LogP contribution in [0.25, 0.3) is 5.82 Å². The van der Waals surface area contributed by atoms with Gasteiger partial charge < -0.3 is 11.1 Å². The second-order valence-electron chi connectivity index (χ2n) is 8.10. The molecule has 0 bridgehead atoms. The van der Waals surface area contributed by atoms with Gasteiger partial charge in [-0.1, -0.05) is 0 Å². The van der Waals surface area contributed by atoms with Crippen molar-refractivity contribution in [1.82, 2.24) is 35.0 Å². The molecule has 12 nitrogen and oxygen atoms in total. The molecule has 3 N–H and O–H groups in total. The van der Waals surface area contributed by atoms with Gasteiger partial charge in [-0.3, -0.25) is 9.59 Å². The Labute approximate surface area is 228 Å². The number of alkyl halides is 5. The number of hydrogen-bond donors (Lipinski definition) is 2. The molecule has 4 rings (SSSR count). The van der Waals surface area contributed by atoms with Crippen molar-refractivity contribution in [3.8, 4) is 11.9 Å². The fourth-order valence-electron chi connectivity index (χ4n) is 3.46. The lowest BCUT2D eigenvalue weighted by molar-refractivity contribution is -0.292. The number of nitrogens with two attached hydrogens (primary N) is 1. The fraction of sp³-hybridized carbons (Fsp3) is 0.182. The zero-order valence-corrected chi connectivity index (χ0v) is 21.5. The highest BCUT2D eigenvalue weighted by molar-refractivity contribution is 9.10. The minimum absolute atomic E-state index is 0.0165. The van der Waals surface area contributed by atoms with E-state index in [0.29, 0.717) is 14.8 Å². The van der Waals surface area contributed by atoms with Crippen LogP contribution >= 0.6 is 15.9 Å². The van der Waals surface area contributed by atoms with E-state index in [2.05, 4.69) is 46.7 Å². The van der Waals surface area contributed by atoms with Crippen LogP contribution in [0.5, 0.6) is 0 Å². The Bertz CT molecular complexity index is 1680. The number of benzene rings is 1. The predicted molar refractivity (Wildman–Crippen MR) is 128 cm³/mol. The van der Waals surface area contributed by atoms with E-state index in [1.807, 2.05) is 6.07 Å². The van der Waals surface area contributed by atoms with Gasteiger partial charge in [0, 0.05) is 6.20 Å². The Morgan fingerprint density at radius 2 is 1.90 bits per heavy atom. The van der Waals surface area contributed by atoms with E-state index < -0.39 is 36.3 Å². The number of nitrogens with one attached hydrogen (secondary N) is 1. The predicted octanol–water partition coefficient (Wildman–Crippen LogP) is 3.25. The number of amides is 2. The minimum atomic E-state index is -5.94. The molecule has 0 fully saturated rings. The summed E-state index contributed by atoms with van der Waals surface area (Å²) in [5.74, 6) is -8.84. The largest absolute Gasteiger partial charge is 0.461 e. The number of carbonyl (C=O) groups is 2. The van der Waals surface area contributed by atoms with Crippen LogP contribution in [0.15, 0.2) is 41.0 Å². The second-order valence-corrected chi connectivity index (χ2v) is 8.96. The molecular formula is C22H14BrF5N10O2. The van der Waals surface area contributed by atoms with Crippen molar-refractivity contribution in [1.29, 1.82) is 5.26 Å². The van der Waals surface area contributed by atoms with Crippen molar-refractivity contribution in [2.75, 3.05) is 5.32 Å². The first-order valence-corrected chi connectivity index (χ1v) is 11.6. The molecule has 0 radical (unpaired) electrons. The summed E-state index contributed by atoms with van der Waals surface area (Å²) in [4.78, 5) is 30.0. The number of rotatable bonds is 7. The Hall–Kier alpha value is -4.79.